The molecule has 2 amide bonds. The number of hydrogen-bond donors (Lipinski definition) is 0. The second-order valence-corrected chi connectivity index (χ2v) is 6.96. The van der Waals surface area contributed by atoms with E-state index in [4.69, 9.17) is 0 Å². The average Bonchev–Trinajstić information content (AvgIpc) is 3.19. The number of nitrogens with zero attached hydrogens (tertiary/aromatic N) is 7. The van der Waals surface area contributed by atoms with Crippen LogP contribution in [0, 0.1) is 6.92 Å². The van der Waals surface area contributed by atoms with Crippen LogP contribution in [-0.4, -0.2) is 42.9 Å². The third kappa shape index (κ3) is 3.48. The normalized spacial score (nSPS) is 16.2. The number of carbonyl (C=O) groups is 2. The van der Waals surface area contributed by atoms with Gasteiger partial charge in [0, 0.05) is 25.0 Å². The topological polar surface area (TPSA) is 114 Å². The zero-order valence-electron chi connectivity index (χ0n) is 17.1. The van der Waals surface area contributed by atoms with Crippen molar-refractivity contribution >= 4 is 23.2 Å². The average molecular weight is 417 g/mol. The van der Waals surface area contributed by atoms with Crippen LogP contribution in [0.5, 0.6) is 0 Å². The third-order valence-electron chi connectivity index (χ3n) is 5.01. The van der Waals surface area contributed by atoms with E-state index in [2.05, 4.69) is 20.3 Å². The summed E-state index contributed by atoms with van der Waals surface area (Å²) in [7, 11) is 1.74. The summed E-state index contributed by atoms with van der Waals surface area (Å²) in [4.78, 5) is 42.1. The number of amides is 2. The molecule has 31 heavy (non-hydrogen) atoms. The molecule has 10 heteroatoms. The highest BCUT2D eigenvalue weighted by Gasteiger charge is 2.38. The lowest BCUT2D eigenvalue weighted by Gasteiger charge is -2.10. The molecule has 0 aliphatic carbocycles. The smallest absolute Gasteiger partial charge is 0.283 e. The molecule has 0 saturated carbocycles. The van der Waals surface area contributed by atoms with Crippen molar-refractivity contribution in [1.29, 1.82) is 0 Å². The van der Waals surface area contributed by atoms with Gasteiger partial charge in [0.25, 0.3) is 17.4 Å². The van der Waals surface area contributed by atoms with Gasteiger partial charge in [0.1, 0.15) is 0 Å². The van der Waals surface area contributed by atoms with Gasteiger partial charge < -0.3 is 0 Å². The van der Waals surface area contributed by atoms with Crippen LogP contribution in [0.2, 0.25) is 0 Å². The monoisotopic (exact) mass is 417 g/mol. The molecule has 0 bridgehead atoms. The van der Waals surface area contributed by atoms with Crippen molar-refractivity contribution in [3.05, 3.63) is 76.5 Å². The van der Waals surface area contributed by atoms with E-state index in [0.29, 0.717) is 17.1 Å². The number of benzene rings is 1. The Morgan fingerprint density at radius 3 is 2.39 bits per heavy atom. The third-order valence-corrected chi connectivity index (χ3v) is 5.01. The Hall–Kier alpha value is -4.21. The lowest BCUT2D eigenvalue weighted by Crippen LogP contribution is -2.34. The van der Waals surface area contributed by atoms with Gasteiger partial charge in [-0.15, -0.1) is 5.11 Å². The molecule has 0 spiro atoms. The maximum absolute atomic E-state index is 12.9. The van der Waals surface area contributed by atoms with Gasteiger partial charge >= 0.3 is 0 Å². The number of azo groups is 1. The maximum atomic E-state index is 12.9. The molecule has 1 aliphatic heterocycles. The van der Waals surface area contributed by atoms with Gasteiger partial charge in [-0.1, -0.05) is 18.2 Å². The van der Waals surface area contributed by atoms with Crippen LogP contribution in [0.1, 0.15) is 23.0 Å². The molecule has 0 N–H and O–H groups in total. The molecule has 0 saturated heterocycles. The van der Waals surface area contributed by atoms with E-state index in [0.717, 1.165) is 5.01 Å². The second kappa shape index (κ2) is 7.90. The minimum absolute atomic E-state index is 0.117. The van der Waals surface area contributed by atoms with Gasteiger partial charge in [-0.3, -0.25) is 24.0 Å². The number of aromatic nitrogens is 3. The first kappa shape index (κ1) is 20.1. The van der Waals surface area contributed by atoms with Crippen molar-refractivity contribution in [1.82, 2.24) is 19.4 Å². The summed E-state index contributed by atoms with van der Waals surface area (Å²) >= 11 is 0. The number of pyridine rings is 1. The van der Waals surface area contributed by atoms with E-state index in [1.807, 2.05) is 30.3 Å². The van der Waals surface area contributed by atoms with Crippen molar-refractivity contribution in [2.24, 2.45) is 22.4 Å². The summed E-state index contributed by atoms with van der Waals surface area (Å²) < 4.78 is 3.14. The van der Waals surface area contributed by atoms with Gasteiger partial charge in [-0.25, -0.2) is 4.68 Å². The Balaban J connectivity index is 1.63. The molecule has 2 aromatic heterocycles. The minimum atomic E-state index is -1.07. The first-order valence-electron chi connectivity index (χ1n) is 9.48. The number of hydrazone groups is 1. The minimum Gasteiger partial charge on any atom is -0.283 e. The Kier molecular flexibility index (Phi) is 5.12. The molecule has 156 valence electrons. The van der Waals surface area contributed by atoms with E-state index in [-0.39, 0.29) is 16.8 Å². The van der Waals surface area contributed by atoms with Gasteiger partial charge in [-0.2, -0.15) is 15.2 Å². The largest absolute Gasteiger partial charge is 0.299 e. The lowest BCUT2D eigenvalue weighted by atomic mass is 10.2. The summed E-state index contributed by atoms with van der Waals surface area (Å²) in [6.07, 6.45) is 2.91. The van der Waals surface area contributed by atoms with Gasteiger partial charge in [0.05, 0.1) is 17.1 Å². The number of para-hydroxylation sites is 1. The van der Waals surface area contributed by atoms with E-state index in [9.17, 15) is 14.4 Å². The van der Waals surface area contributed by atoms with Gasteiger partial charge in [-0.05, 0) is 38.1 Å². The van der Waals surface area contributed by atoms with Crippen molar-refractivity contribution in [2.75, 3.05) is 0 Å². The van der Waals surface area contributed by atoms with Crippen molar-refractivity contribution < 1.29 is 9.59 Å². The maximum Gasteiger partial charge on any atom is 0.299 e. The van der Waals surface area contributed by atoms with Crippen LogP contribution in [0.25, 0.3) is 5.69 Å². The summed E-state index contributed by atoms with van der Waals surface area (Å²) in [6, 6.07) is 11.0. The first-order valence-corrected chi connectivity index (χ1v) is 9.48. The van der Waals surface area contributed by atoms with Crippen LogP contribution in [0.3, 0.4) is 0 Å². The molecule has 0 fully saturated rings. The highest BCUT2D eigenvalue weighted by atomic mass is 16.2. The Labute approximate surface area is 177 Å². The van der Waals surface area contributed by atoms with E-state index < -0.39 is 17.9 Å². The molecule has 3 aromatic rings. The zero-order chi connectivity index (χ0) is 22.1. The summed E-state index contributed by atoms with van der Waals surface area (Å²) in [6.45, 7) is 3.33. The molecule has 1 atom stereocenters. The molecule has 1 aromatic carbocycles. The molecular formula is C21H19N7O3. The number of rotatable bonds is 4. The number of imide groups is 1. The quantitative estimate of drug-likeness (QED) is 0.479. The molecular weight excluding hydrogens is 398 g/mol. The molecule has 4 rings (SSSR count). The summed E-state index contributed by atoms with van der Waals surface area (Å²) in [5, 5.41) is 13.0. The van der Waals surface area contributed by atoms with E-state index >= 15 is 0 Å². The number of hydrogen-bond acceptors (Lipinski definition) is 7. The van der Waals surface area contributed by atoms with Crippen LogP contribution >= 0.6 is 0 Å². The van der Waals surface area contributed by atoms with Crippen molar-refractivity contribution in [3.8, 4) is 5.69 Å². The van der Waals surface area contributed by atoms with E-state index in [1.165, 1.54) is 29.2 Å². The predicted octanol–water partition coefficient (Wildman–Crippen LogP) is 2.39. The molecule has 10 nitrogen and oxygen atoms in total. The summed E-state index contributed by atoms with van der Waals surface area (Å²) in [5.74, 6) is -1.20. The SMILES string of the molecule is CC1=NN(C(=O)c2ccncc2)C(=O)[C@@H]1N=Nc1c(C)n(C)n(-c2ccccc2)c1=O. The van der Waals surface area contributed by atoms with Crippen LogP contribution < -0.4 is 5.56 Å². The molecule has 0 unspecified atom stereocenters. The Bertz CT molecular complexity index is 1270. The Morgan fingerprint density at radius 1 is 1.03 bits per heavy atom. The van der Waals surface area contributed by atoms with Gasteiger partial charge in [0.2, 0.25) is 0 Å². The molecule has 3 heterocycles. The fraction of sp³-hybridized carbons (Fsp3) is 0.190. The lowest BCUT2D eigenvalue weighted by molar-refractivity contribution is -0.127. The van der Waals surface area contributed by atoms with Crippen molar-refractivity contribution in [2.45, 2.75) is 19.9 Å². The van der Waals surface area contributed by atoms with E-state index in [1.54, 1.807) is 25.6 Å². The Morgan fingerprint density at radius 2 is 1.71 bits per heavy atom. The van der Waals surface area contributed by atoms with Crippen LogP contribution in [0.15, 0.2) is 75.0 Å². The first-order chi connectivity index (χ1) is 14.9. The van der Waals surface area contributed by atoms with Crippen molar-refractivity contribution in [3.63, 3.8) is 0 Å². The molecule has 0 radical (unpaired) electrons. The fourth-order valence-electron chi connectivity index (χ4n) is 3.24. The highest BCUT2D eigenvalue weighted by molar-refractivity contribution is 6.18. The standard InChI is InChI=1S/C21H19N7O3/c1-13-17(20(30)27(25-13)19(29)15-9-11-22-12-10-15)23-24-18-14(2)26(3)28(21(18)31)16-7-5-4-6-8-16/h4-12,17H,1-3H3/t17-/m1/s1. The van der Waals surface area contributed by atoms with Gasteiger partial charge in [0.15, 0.2) is 11.7 Å². The highest BCUT2D eigenvalue weighted by Crippen LogP contribution is 2.21. The summed E-state index contributed by atoms with van der Waals surface area (Å²) in [5.41, 5.74) is 1.62. The van der Waals surface area contributed by atoms with Crippen LogP contribution in [-0.2, 0) is 11.8 Å². The predicted molar refractivity (Wildman–Crippen MR) is 113 cm³/mol. The molecule has 1 aliphatic rings. The van der Waals surface area contributed by atoms with Crippen LogP contribution in [0.4, 0.5) is 5.69 Å². The second-order valence-electron chi connectivity index (χ2n) is 6.96. The zero-order valence-corrected chi connectivity index (χ0v) is 17.1. The number of carbonyl (C=O) groups excluding carboxylic acids is 2. The fourth-order valence-corrected chi connectivity index (χ4v) is 3.24.